The van der Waals surface area contributed by atoms with Gasteiger partial charge in [-0.1, -0.05) is 0 Å². The van der Waals surface area contributed by atoms with Gasteiger partial charge in [0.25, 0.3) is 0 Å². The van der Waals surface area contributed by atoms with Gasteiger partial charge >= 0.3 is 5.97 Å². The summed E-state index contributed by atoms with van der Waals surface area (Å²) in [7, 11) is 1.56. The number of hydrogen-bond acceptors (Lipinski definition) is 5. The van der Waals surface area contributed by atoms with Crippen LogP contribution in [0.25, 0.3) is 0 Å². The van der Waals surface area contributed by atoms with Gasteiger partial charge in [0.1, 0.15) is 5.75 Å². The van der Waals surface area contributed by atoms with Crippen LogP contribution < -0.4 is 10.1 Å². The predicted octanol–water partition coefficient (Wildman–Crippen LogP) is 3.08. The first-order chi connectivity index (χ1) is 9.51. The molecule has 6 heteroatoms. The van der Waals surface area contributed by atoms with E-state index in [1.165, 1.54) is 6.07 Å². The van der Waals surface area contributed by atoms with E-state index in [4.69, 9.17) is 9.84 Å². The van der Waals surface area contributed by atoms with Crippen LogP contribution in [0.3, 0.4) is 0 Å². The molecule has 0 aliphatic heterocycles. The fourth-order valence-corrected chi connectivity index (χ4v) is 2.77. The van der Waals surface area contributed by atoms with Gasteiger partial charge in [-0.15, -0.1) is 11.3 Å². The number of thiazole rings is 1. The summed E-state index contributed by atoms with van der Waals surface area (Å²) in [5.74, 6) is -0.339. The molecular formula is C14H16N2O3S. The second-order valence-electron chi connectivity index (χ2n) is 4.32. The zero-order chi connectivity index (χ0) is 14.7. The molecule has 0 unspecified atom stereocenters. The highest BCUT2D eigenvalue weighted by Gasteiger charge is 2.10. The van der Waals surface area contributed by atoms with E-state index in [-0.39, 0.29) is 5.56 Å². The van der Waals surface area contributed by atoms with Gasteiger partial charge in [-0.25, -0.2) is 9.78 Å². The van der Waals surface area contributed by atoms with Crippen LogP contribution in [0.1, 0.15) is 25.9 Å². The second kappa shape index (κ2) is 5.92. The van der Waals surface area contributed by atoms with Crippen molar-refractivity contribution >= 4 is 23.0 Å². The molecule has 0 bridgehead atoms. The number of hydrogen-bond donors (Lipinski definition) is 2. The van der Waals surface area contributed by atoms with E-state index < -0.39 is 5.97 Å². The average Bonchev–Trinajstić information content (AvgIpc) is 2.74. The predicted molar refractivity (Wildman–Crippen MR) is 78.9 cm³/mol. The lowest BCUT2D eigenvalue weighted by atomic mass is 10.2. The molecule has 106 valence electrons. The Morgan fingerprint density at radius 1 is 1.45 bits per heavy atom. The number of aromatic carboxylic acids is 1. The van der Waals surface area contributed by atoms with Crippen molar-refractivity contribution in [2.75, 3.05) is 12.4 Å². The molecule has 0 radical (unpaired) electrons. The summed E-state index contributed by atoms with van der Waals surface area (Å²) in [6.07, 6.45) is 0. The average molecular weight is 292 g/mol. The third kappa shape index (κ3) is 3.08. The summed E-state index contributed by atoms with van der Waals surface area (Å²) in [6.45, 7) is 4.52. The third-order valence-electron chi connectivity index (χ3n) is 2.89. The third-order valence-corrected chi connectivity index (χ3v) is 3.96. The van der Waals surface area contributed by atoms with Crippen molar-refractivity contribution in [2.45, 2.75) is 20.4 Å². The summed E-state index contributed by atoms with van der Waals surface area (Å²) in [6, 6.07) is 4.75. The van der Waals surface area contributed by atoms with Gasteiger partial charge in [-0.3, -0.25) is 0 Å². The molecule has 0 amide bonds. The van der Waals surface area contributed by atoms with Gasteiger partial charge < -0.3 is 15.2 Å². The van der Waals surface area contributed by atoms with Crippen LogP contribution in [-0.4, -0.2) is 23.2 Å². The largest absolute Gasteiger partial charge is 0.495 e. The smallest absolute Gasteiger partial charge is 0.335 e. The van der Waals surface area contributed by atoms with Gasteiger partial charge in [0, 0.05) is 4.88 Å². The van der Waals surface area contributed by atoms with Gasteiger partial charge in [0.05, 0.1) is 35.6 Å². The Morgan fingerprint density at radius 3 is 2.75 bits per heavy atom. The van der Waals surface area contributed by atoms with Gasteiger partial charge in [0.15, 0.2) is 0 Å². The normalized spacial score (nSPS) is 10.3. The number of nitrogens with one attached hydrogen (secondary N) is 1. The van der Waals surface area contributed by atoms with E-state index >= 15 is 0 Å². The monoisotopic (exact) mass is 292 g/mol. The lowest BCUT2D eigenvalue weighted by Gasteiger charge is -2.11. The zero-order valence-electron chi connectivity index (χ0n) is 11.6. The number of nitrogens with zero attached hydrogens (tertiary/aromatic N) is 1. The molecule has 0 aliphatic rings. The molecule has 0 aliphatic carbocycles. The summed E-state index contributed by atoms with van der Waals surface area (Å²) >= 11 is 1.63. The number of carbonyl (C=O) groups is 1. The zero-order valence-corrected chi connectivity index (χ0v) is 12.4. The fraction of sp³-hybridized carbons (Fsp3) is 0.286. The Bertz CT molecular complexity index is 637. The minimum atomic E-state index is -0.958. The van der Waals surface area contributed by atoms with Crippen LogP contribution in [0.2, 0.25) is 0 Å². The van der Waals surface area contributed by atoms with Crippen molar-refractivity contribution in [3.63, 3.8) is 0 Å². The number of rotatable bonds is 5. The fourth-order valence-electron chi connectivity index (χ4n) is 1.89. The SMILES string of the molecule is COc1ccc(C(=O)O)cc1NCc1sc(C)nc1C. The molecule has 1 aromatic heterocycles. The maximum atomic E-state index is 11.0. The topological polar surface area (TPSA) is 71.5 Å². The van der Waals surface area contributed by atoms with Crippen molar-refractivity contribution in [1.29, 1.82) is 0 Å². The molecule has 2 rings (SSSR count). The molecule has 2 N–H and O–H groups in total. The van der Waals surface area contributed by atoms with Crippen LogP contribution >= 0.6 is 11.3 Å². The Labute approximate surface area is 121 Å². The summed E-state index contributed by atoms with van der Waals surface area (Å²) < 4.78 is 5.24. The molecule has 0 saturated heterocycles. The first-order valence-electron chi connectivity index (χ1n) is 6.09. The van der Waals surface area contributed by atoms with Crippen molar-refractivity contribution in [2.24, 2.45) is 0 Å². The molecule has 5 nitrogen and oxygen atoms in total. The first kappa shape index (κ1) is 14.3. The molecule has 2 aromatic rings. The lowest BCUT2D eigenvalue weighted by molar-refractivity contribution is 0.0697. The number of aryl methyl sites for hydroxylation is 2. The van der Waals surface area contributed by atoms with E-state index in [0.717, 1.165) is 15.6 Å². The highest BCUT2D eigenvalue weighted by molar-refractivity contribution is 7.11. The number of anilines is 1. The maximum Gasteiger partial charge on any atom is 0.335 e. The quantitative estimate of drug-likeness (QED) is 0.886. The first-order valence-corrected chi connectivity index (χ1v) is 6.91. The minimum absolute atomic E-state index is 0.227. The van der Waals surface area contributed by atoms with Crippen LogP contribution in [0.5, 0.6) is 5.75 Å². The van der Waals surface area contributed by atoms with E-state index in [1.54, 1.807) is 30.6 Å². The van der Waals surface area contributed by atoms with Crippen molar-refractivity contribution < 1.29 is 14.6 Å². The van der Waals surface area contributed by atoms with E-state index in [2.05, 4.69) is 10.3 Å². The highest BCUT2D eigenvalue weighted by atomic mass is 32.1. The molecule has 0 saturated carbocycles. The van der Waals surface area contributed by atoms with E-state index in [0.29, 0.717) is 18.0 Å². The Hall–Kier alpha value is -2.08. The molecule has 0 atom stereocenters. The van der Waals surface area contributed by atoms with Crippen LogP contribution in [0.15, 0.2) is 18.2 Å². The molecule has 0 fully saturated rings. The minimum Gasteiger partial charge on any atom is -0.495 e. The number of carboxylic acid groups (broad SMARTS) is 1. The Kier molecular flexibility index (Phi) is 4.24. The van der Waals surface area contributed by atoms with Gasteiger partial charge in [0.2, 0.25) is 0 Å². The van der Waals surface area contributed by atoms with Crippen molar-refractivity contribution in [3.05, 3.63) is 39.3 Å². The molecule has 1 aromatic carbocycles. The Balaban J connectivity index is 2.21. The van der Waals surface area contributed by atoms with Crippen molar-refractivity contribution in [3.8, 4) is 5.75 Å². The highest BCUT2D eigenvalue weighted by Crippen LogP contribution is 2.27. The summed E-state index contributed by atoms with van der Waals surface area (Å²) in [5.41, 5.74) is 1.89. The van der Waals surface area contributed by atoms with Gasteiger partial charge in [-0.2, -0.15) is 0 Å². The standard InChI is InChI=1S/C14H16N2O3S/c1-8-13(20-9(2)16-8)7-15-11-6-10(14(17)18)4-5-12(11)19-3/h4-6,15H,7H2,1-3H3,(H,17,18). The van der Waals surface area contributed by atoms with Crippen LogP contribution in [-0.2, 0) is 6.54 Å². The molecular weight excluding hydrogens is 276 g/mol. The van der Waals surface area contributed by atoms with Crippen LogP contribution in [0, 0.1) is 13.8 Å². The number of aromatic nitrogens is 1. The molecule has 1 heterocycles. The number of carboxylic acids is 1. The second-order valence-corrected chi connectivity index (χ2v) is 5.60. The lowest BCUT2D eigenvalue weighted by Crippen LogP contribution is -2.04. The maximum absolute atomic E-state index is 11.0. The van der Waals surface area contributed by atoms with Crippen molar-refractivity contribution in [1.82, 2.24) is 4.98 Å². The van der Waals surface area contributed by atoms with E-state index in [9.17, 15) is 4.79 Å². The number of methoxy groups -OCH3 is 1. The van der Waals surface area contributed by atoms with E-state index in [1.807, 2.05) is 13.8 Å². The molecule has 20 heavy (non-hydrogen) atoms. The van der Waals surface area contributed by atoms with Gasteiger partial charge in [-0.05, 0) is 32.0 Å². The molecule has 0 spiro atoms. The summed E-state index contributed by atoms with van der Waals surface area (Å²) in [4.78, 5) is 16.5. The number of benzene rings is 1. The summed E-state index contributed by atoms with van der Waals surface area (Å²) in [5, 5.41) is 13.3. The number of ether oxygens (including phenoxy) is 1. The van der Waals surface area contributed by atoms with Crippen LogP contribution in [0.4, 0.5) is 5.69 Å². The Morgan fingerprint density at radius 2 is 2.20 bits per heavy atom.